The quantitative estimate of drug-likeness (QED) is 0.847. The molecule has 0 saturated carbocycles. The molecule has 1 aliphatic heterocycles. The van der Waals surface area contributed by atoms with Crippen molar-refractivity contribution in [2.75, 3.05) is 19.6 Å². The van der Waals surface area contributed by atoms with Crippen LogP contribution >= 0.6 is 0 Å². The molecule has 0 radical (unpaired) electrons. The van der Waals surface area contributed by atoms with Gasteiger partial charge in [0.15, 0.2) is 0 Å². The largest absolute Gasteiger partial charge is 0.309 e. The molecule has 1 N–H and O–H groups in total. The molecule has 1 aromatic carbocycles. The Labute approximate surface area is 124 Å². The number of piperidine rings is 1. The lowest BCUT2D eigenvalue weighted by Gasteiger charge is -2.39. The van der Waals surface area contributed by atoms with Crippen molar-refractivity contribution >= 4 is 0 Å². The molecule has 0 aliphatic carbocycles. The Bertz CT molecular complexity index is 368. The smallest absolute Gasteiger partial charge is 0.0475 e. The summed E-state index contributed by atoms with van der Waals surface area (Å²) in [5.41, 5.74) is 1.42. The fourth-order valence-corrected chi connectivity index (χ4v) is 3.17. The van der Waals surface area contributed by atoms with Crippen LogP contribution in [0.25, 0.3) is 0 Å². The monoisotopic (exact) mass is 274 g/mol. The second kappa shape index (κ2) is 7.80. The first kappa shape index (κ1) is 15.5. The molecular weight excluding hydrogens is 244 g/mol. The van der Waals surface area contributed by atoms with Gasteiger partial charge in [0.1, 0.15) is 0 Å². The van der Waals surface area contributed by atoms with Crippen molar-refractivity contribution in [3.8, 4) is 0 Å². The molecule has 2 rings (SSSR count). The lowest BCUT2D eigenvalue weighted by Crippen LogP contribution is -2.46. The van der Waals surface area contributed by atoms with Gasteiger partial charge in [0, 0.05) is 12.1 Å². The van der Waals surface area contributed by atoms with E-state index in [-0.39, 0.29) is 0 Å². The van der Waals surface area contributed by atoms with Crippen molar-refractivity contribution in [2.24, 2.45) is 5.92 Å². The zero-order valence-electron chi connectivity index (χ0n) is 13.3. The zero-order chi connectivity index (χ0) is 14.4. The molecule has 0 spiro atoms. The summed E-state index contributed by atoms with van der Waals surface area (Å²) in [6.07, 6.45) is 3.88. The van der Waals surface area contributed by atoms with Crippen molar-refractivity contribution in [3.63, 3.8) is 0 Å². The van der Waals surface area contributed by atoms with E-state index in [1.54, 1.807) is 0 Å². The van der Waals surface area contributed by atoms with Gasteiger partial charge in [0.25, 0.3) is 0 Å². The van der Waals surface area contributed by atoms with E-state index >= 15 is 0 Å². The van der Waals surface area contributed by atoms with Crippen molar-refractivity contribution in [2.45, 2.75) is 52.1 Å². The van der Waals surface area contributed by atoms with Gasteiger partial charge in [-0.15, -0.1) is 0 Å². The van der Waals surface area contributed by atoms with Crippen LogP contribution in [0.4, 0.5) is 0 Å². The standard InChI is InChI=1S/C18H30N2/c1-4-12-19-18(17-8-6-5-7-9-17)16(3)20-13-10-15(2)11-14-20/h5-9,15-16,18-19H,4,10-14H2,1-3H3. The molecule has 1 heterocycles. The number of hydrogen-bond donors (Lipinski definition) is 1. The van der Waals surface area contributed by atoms with Gasteiger partial charge in [0.05, 0.1) is 0 Å². The molecule has 112 valence electrons. The third kappa shape index (κ3) is 4.07. The van der Waals surface area contributed by atoms with Crippen LogP contribution in [0.15, 0.2) is 30.3 Å². The van der Waals surface area contributed by atoms with E-state index in [0.717, 1.165) is 12.5 Å². The predicted molar refractivity (Wildman–Crippen MR) is 86.9 cm³/mol. The van der Waals surface area contributed by atoms with E-state index in [4.69, 9.17) is 0 Å². The summed E-state index contributed by atoms with van der Waals surface area (Å²) in [5, 5.41) is 3.75. The summed E-state index contributed by atoms with van der Waals surface area (Å²) >= 11 is 0. The van der Waals surface area contributed by atoms with Crippen LogP contribution in [0.3, 0.4) is 0 Å². The minimum absolute atomic E-state index is 0.449. The van der Waals surface area contributed by atoms with E-state index in [0.29, 0.717) is 12.1 Å². The Morgan fingerprint density at radius 1 is 1.20 bits per heavy atom. The third-order valence-corrected chi connectivity index (χ3v) is 4.65. The van der Waals surface area contributed by atoms with Crippen LogP contribution in [0.2, 0.25) is 0 Å². The van der Waals surface area contributed by atoms with Crippen LogP contribution in [0.1, 0.15) is 51.6 Å². The average Bonchev–Trinajstić information content (AvgIpc) is 2.49. The maximum atomic E-state index is 3.75. The van der Waals surface area contributed by atoms with Crippen molar-refractivity contribution in [3.05, 3.63) is 35.9 Å². The fraction of sp³-hybridized carbons (Fsp3) is 0.667. The molecule has 2 nitrogen and oxygen atoms in total. The highest BCUT2D eigenvalue weighted by atomic mass is 15.2. The summed E-state index contributed by atoms with van der Waals surface area (Å²) in [6, 6.07) is 11.9. The molecule has 2 unspecified atom stereocenters. The van der Waals surface area contributed by atoms with Gasteiger partial charge in [-0.25, -0.2) is 0 Å². The van der Waals surface area contributed by atoms with Gasteiger partial charge >= 0.3 is 0 Å². The number of rotatable bonds is 6. The first-order chi connectivity index (χ1) is 9.72. The summed E-state index contributed by atoms with van der Waals surface area (Å²) in [7, 11) is 0. The highest BCUT2D eigenvalue weighted by molar-refractivity contribution is 5.20. The van der Waals surface area contributed by atoms with E-state index in [2.05, 4.69) is 61.3 Å². The first-order valence-electron chi connectivity index (χ1n) is 8.24. The molecule has 1 aliphatic rings. The number of likely N-dealkylation sites (tertiary alicyclic amines) is 1. The predicted octanol–water partition coefficient (Wildman–Crippen LogP) is 3.85. The highest BCUT2D eigenvalue weighted by Gasteiger charge is 2.26. The Morgan fingerprint density at radius 2 is 1.85 bits per heavy atom. The first-order valence-corrected chi connectivity index (χ1v) is 8.24. The van der Waals surface area contributed by atoms with Gasteiger partial charge in [-0.1, -0.05) is 44.2 Å². The van der Waals surface area contributed by atoms with E-state index in [1.807, 2.05) is 0 Å². The molecule has 1 saturated heterocycles. The Balaban J connectivity index is 2.05. The van der Waals surface area contributed by atoms with Crippen LogP contribution in [0.5, 0.6) is 0 Å². The minimum Gasteiger partial charge on any atom is -0.309 e. The highest BCUT2D eigenvalue weighted by Crippen LogP contribution is 2.25. The second-order valence-electron chi connectivity index (χ2n) is 6.30. The molecule has 0 bridgehead atoms. The summed E-state index contributed by atoms with van der Waals surface area (Å²) in [5.74, 6) is 0.900. The van der Waals surface area contributed by atoms with Gasteiger partial charge in [-0.05, 0) is 57.3 Å². The van der Waals surface area contributed by atoms with Crippen molar-refractivity contribution in [1.29, 1.82) is 0 Å². The van der Waals surface area contributed by atoms with Crippen molar-refractivity contribution < 1.29 is 0 Å². The normalized spacial score (nSPS) is 20.8. The van der Waals surface area contributed by atoms with Crippen LogP contribution in [-0.4, -0.2) is 30.6 Å². The van der Waals surface area contributed by atoms with Crippen molar-refractivity contribution in [1.82, 2.24) is 10.2 Å². The van der Waals surface area contributed by atoms with E-state index in [9.17, 15) is 0 Å². The third-order valence-electron chi connectivity index (χ3n) is 4.65. The number of hydrogen-bond acceptors (Lipinski definition) is 2. The lowest BCUT2D eigenvalue weighted by atomic mass is 9.94. The Morgan fingerprint density at radius 3 is 2.45 bits per heavy atom. The summed E-state index contributed by atoms with van der Waals surface area (Å²) in [4.78, 5) is 2.67. The van der Waals surface area contributed by atoms with Gasteiger partial charge in [-0.2, -0.15) is 0 Å². The number of nitrogens with one attached hydrogen (secondary N) is 1. The molecule has 1 fully saturated rings. The second-order valence-corrected chi connectivity index (χ2v) is 6.30. The van der Waals surface area contributed by atoms with Gasteiger partial charge in [-0.3, -0.25) is 4.90 Å². The average molecular weight is 274 g/mol. The fourth-order valence-electron chi connectivity index (χ4n) is 3.17. The molecule has 1 aromatic rings. The SMILES string of the molecule is CCCNC(c1ccccc1)C(C)N1CCC(C)CC1. The summed E-state index contributed by atoms with van der Waals surface area (Å²) < 4.78 is 0. The molecule has 2 atom stereocenters. The topological polar surface area (TPSA) is 15.3 Å². The summed E-state index contributed by atoms with van der Waals surface area (Å²) in [6.45, 7) is 10.6. The Hall–Kier alpha value is -0.860. The van der Waals surface area contributed by atoms with Crippen LogP contribution in [-0.2, 0) is 0 Å². The minimum atomic E-state index is 0.449. The van der Waals surface area contributed by atoms with Gasteiger partial charge in [0.2, 0.25) is 0 Å². The van der Waals surface area contributed by atoms with Crippen LogP contribution < -0.4 is 5.32 Å². The van der Waals surface area contributed by atoms with Gasteiger partial charge < -0.3 is 5.32 Å². The molecular formula is C18H30N2. The maximum Gasteiger partial charge on any atom is 0.0475 e. The zero-order valence-corrected chi connectivity index (χ0v) is 13.3. The number of benzene rings is 1. The molecule has 20 heavy (non-hydrogen) atoms. The maximum absolute atomic E-state index is 3.75. The van der Waals surface area contributed by atoms with E-state index < -0.39 is 0 Å². The van der Waals surface area contributed by atoms with E-state index in [1.165, 1.54) is 37.9 Å². The van der Waals surface area contributed by atoms with Crippen LogP contribution in [0, 0.1) is 5.92 Å². The lowest BCUT2D eigenvalue weighted by molar-refractivity contribution is 0.120. The molecule has 0 amide bonds. The molecule has 0 aromatic heterocycles. The number of nitrogens with zero attached hydrogens (tertiary/aromatic N) is 1. The Kier molecular flexibility index (Phi) is 6.06. The molecule has 2 heteroatoms.